The lowest BCUT2D eigenvalue weighted by Gasteiger charge is -2.12. The van der Waals surface area contributed by atoms with E-state index in [0.717, 1.165) is 25.1 Å². The van der Waals surface area contributed by atoms with Gasteiger partial charge in [-0.2, -0.15) is 0 Å². The van der Waals surface area contributed by atoms with Crippen LogP contribution >= 0.6 is 12.2 Å². The topological polar surface area (TPSA) is 24.1 Å². The third kappa shape index (κ3) is 6.03. The van der Waals surface area contributed by atoms with E-state index in [1.165, 1.54) is 16.7 Å². The van der Waals surface area contributed by atoms with E-state index in [1.807, 2.05) is 0 Å². The van der Waals surface area contributed by atoms with Crippen molar-refractivity contribution in [2.75, 3.05) is 11.9 Å². The van der Waals surface area contributed by atoms with Gasteiger partial charge in [0.15, 0.2) is 5.11 Å². The summed E-state index contributed by atoms with van der Waals surface area (Å²) in [6.07, 6.45) is 2.14. The number of hydrogen-bond donors (Lipinski definition) is 2. The molecule has 0 spiro atoms. The fourth-order valence-corrected chi connectivity index (χ4v) is 2.60. The maximum Gasteiger partial charge on any atom is 0.170 e. The second kappa shape index (κ2) is 8.68. The van der Waals surface area contributed by atoms with E-state index in [4.69, 9.17) is 12.2 Å². The summed E-state index contributed by atoms with van der Waals surface area (Å²) in [7, 11) is 0. The Morgan fingerprint density at radius 1 is 1.00 bits per heavy atom. The van der Waals surface area contributed by atoms with Crippen LogP contribution in [0.25, 0.3) is 0 Å². The molecule has 0 radical (unpaired) electrons. The molecule has 122 valence electrons. The molecule has 0 amide bonds. The third-order valence-electron chi connectivity index (χ3n) is 3.88. The van der Waals surface area contributed by atoms with Crippen molar-refractivity contribution < 1.29 is 0 Å². The Balaban J connectivity index is 1.69. The first-order valence-electron chi connectivity index (χ1n) is 8.25. The zero-order valence-electron chi connectivity index (χ0n) is 14.2. The third-order valence-corrected chi connectivity index (χ3v) is 4.13. The van der Waals surface area contributed by atoms with Crippen molar-refractivity contribution in [2.24, 2.45) is 0 Å². The zero-order valence-corrected chi connectivity index (χ0v) is 15.0. The Bertz CT molecular complexity index is 615. The maximum absolute atomic E-state index is 5.35. The van der Waals surface area contributed by atoms with Gasteiger partial charge in [0.25, 0.3) is 0 Å². The molecule has 0 aromatic heterocycles. The Morgan fingerprint density at radius 3 is 2.26 bits per heavy atom. The average molecular weight is 327 g/mol. The van der Waals surface area contributed by atoms with Crippen LogP contribution < -0.4 is 10.6 Å². The molecule has 0 aliphatic carbocycles. The van der Waals surface area contributed by atoms with Crippen LogP contribution in [0.2, 0.25) is 0 Å². The van der Waals surface area contributed by atoms with Crippen molar-refractivity contribution in [3.63, 3.8) is 0 Å². The summed E-state index contributed by atoms with van der Waals surface area (Å²) in [4.78, 5) is 0. The molecular formula is C20H26N2S. The van der Waals surface area contributed by atoms with Crippen LogP contribution in [0.4, 0.5) is 5.69 Å². The predicted molar refractivity (Wildman–Crippen MR) is 104 cm³/mol. The van der Waals surface area contributed by atoms with Crippen molar-refractivity contribution in [3.8, 4) is 0 Å². The molecule has 0 saturated carbocycles. The summed E-state index contributed by atoms with van der Waals surface area (Å²) in [6.45, 7) is 7.39. The summed E-state index contributed by atoms with van der Waals surface area (Å²) >= 11 is 5.35. The number of anilines is 1. The molecule has 2 rings (SSSR count). The van der Waals surface area contributed by atoms with Gasteiger partial charge in [-0.3, -0.25) is 0 Å². The molecule has 0 unspecified atom stereocenters. The van der Waals surface area contributed by atoms with Gasteiger partial charge in [0.1, 0.15) is 0 Å². The van der Waals surface area contributed by atoms with Crippen LogP contribution in [0.5, 0.6) is 0 Å². The molecule has 3 heteroatoms. The Kier molecular flexibility index (Phi) is 6.60. The van der Waals surface area contributed by atoms with Crippen LogP contribution in [0.1, 0.15) is 42.9 Å². The monoisotopic (exact) mass is 326 g/mol. The molecule has 2 aromatic carbocycles. The highest BCUT2D eigenvalue weighted by molar-refractivity contribution is 7.80. The van der Waals surface area contributed by atoms with Crippen LogP contribution in [-0.2, 0) is 6.42 Å². The van der Waals surface area contributed by atoms with Gasteiger partial charge < -0.3 is 10.6 Å². The number of benzene rings is 2. The molecule has 2 nitrogen and oxygen atoms in total. The minimum absolute atomic E-state index is 0.552. The lowest BCUT2D eigenvalue weighted by molar-refractivity contribution is 0.777. The van der Waals surface area contributed by atoms with E-state index in [1.54, 1.807) is 0 Å². The van der Waals surface area contributed by atoms with Gasteiger partial charge in [-0.05, 0) is 61.2 Å². The zero-order chi connectivity index (χ0) is 16.7. The van der Waals surface area contributed by atoms with Crippen LogP contribution in [-0.4, -0.2) is 11.7 Å². The molecule has 0 aliphatic rings. The van der Waals surface area contributed by atoms with Crippen molar-refractivity contribution in [1.29, 1.82) is 0 Å². The first kappa shape index (κ1) is 17.5. The highest BCUT2D eigenvalue weighted by Gasteiger charge is 2.01. The molecule has 0 atom stereocenters. The number of nitrogens with one attached hydrogen (secondary N) is 2. The van der Waals surface area contributed by atoms with Gasteiger partial charge in [-0.1, -0.05) is 55.8 Å². The molecule has 0 heterocycles. The van der Waals surface area contributed by atoms with Crippen LogP contribution in [0, 0.1) is 6.92 Å². The minimum Gasteiger partial charge on any atom is -0.362 e. The van der Waals surface area contributed by atoms with Crippen molar-refractivity contribution >= 4 is 23.0 Å². The van der Waals surface area contributed by atoms with Crippen molar-refractivity contribution in [2.45, 2.75) is 39.5 Å². The highest BCUT2D eigenvalue weighted by Crippen LogP contribution is 2.17. The van der Waals surface area contributed by atoms with E-state index < -0.39 is 0 Å². The molecule has 2 aromatic rings. The van der Waals surface area contributed by atoms with Gasteiger partial charge >= 0.3 is 0 Å². The molecule has 0 fully saturated rings. The largest absolute Gasteiger partial charge is 0.362 e. The number of thiocarbonyl (C=S) groups is 1. The molecule has 23 heavy (non-hydrogen) atoms. The lowest BCUT2D eigenvalue weighted by Crippen LogP contribution is -2.29. The van der Waals surface area contributed by atoms with Gasteiger partial charge in [0.05, 0.1) is 0 Å². The molecule has 0 aliphatic heterocycles. The summed E-state index contributed by atoms with van der Waals surface area (Å²) < 4.78 is 0. The first-order valence-corrected chi connectivity index (χ1v) is 8.66. The summed E-state index contributed by atoms with van der Waals surface area (Å²) in [6, 6.07) is 17.2. The van der Waals surface area contributed by atoms with E-state index in [2.05, 4.69) is 79.9 Å². The molecule has 0 saturated heterocycles. The Hall–Kier alpha value is -1.87. The Morgan fingerprint density at radius 2 is 1.65 bits per heavy atom. The van der Waals surface area contributed by atoms with Crippen LogP contribution in [0.15, 0.2) is 48.5 Å². The SMILES string of the molecule is Cc1ccc(CCCNC(=S)Nc2ccc(C(C)C)cc2)cc1. The average Bonchev–Trinajstić information content (AvgIpc) is 2.54. The summed E-state index contributed by atoms with van der Waals surface area (Å²) in [5.74, 6) is 0.552. The van der Waals surface area contributed by atoms with E-state index in [0.29, 0.717) is 11.0 Å². The second-order valence-electron chi connectivity index (χ2n) is 6.25. The van der Waals surface area contributed by atoms with Gasteiger partial charge in [0.2, 0.25) is 0 Å². The molecule has 0 bridgehead atoms. The smallest absolute Gasteiger partial charge is 0.170 e. The molecular weight excluding hydrogens is 300 g/mol. The van der Waals surface area contributed by atoms with E-state index >= 15 is 0 Å². The maximum atomic E-state index is 5.35. The quantitative estimate of drug-likeness (QED) is 0.574. The second-order valence-corrected chi connectivity index (χ2v) is 6.66. The predicted octanol–water partition coefficient (Wildman–Crippen LogP) is 5.04. The normalized spacial score (nSPS) is 10.6. The molecule has 2 N–H and O–H groups in total. The lowest BCUT2D eigenvalue weighted by atomic mass is 10.0. The van der Waals surface area contributed by atoms with Gasteiger partial charge in [-0.15, -0.1) is 0 Å². The summed E-state index contributed by atoms with van der Waals surface area (Å²) in [5.41, 5.74) is 5.05. The van der Waals surface area contributed by atoms with E-state index in [9.17, 15) is 0 Å². The standard InChI is InChI=1S/C20H26N2S/c1-15(2)18-10-12-19(13-11-18)22-20(23)21-14-4-5-17-8-6-16(3)7-9-17/h6-13,15H,4-5,14H2,1-3H3,(H2,21,22,23). The van der Waals surface area contributed by atoms with Crippen molar-refractivity contribution in [3.05, 3.63) is 65.2 Å². The number of hydrogen-bond acceptors (Lipinski definition) is 1. The van der Waals surface area contributed by atoms with Crippen molar-refractivity contribution in [1.82, 2.24) is 5.32 Å². The van der Waals surface area contributed by atoms with Crippen LogP contribution in [0.3, 0.4) is 0 Å². The number of aryl methyl sites for hydroxylation is 2. The highest BCUT2D eigenvalue weighted by atomic mass is 32.1. The Labute approximate surface area is 145 Å². The fourth-order valence-electron chi connectivity index (χ4n) is 2.38. The van der Waals surface area contributed by atoms with E-state index in [-0.39, 0.29) is 0 Å². The fraction of sp³-hybridized carbons (Fsp3) is 0.350. The summed E-state index contributed by atoms with van der Waals surface area (Å²) in [5, 5.41) is 7.19. The minimum atomic E-state index is 0.552. The van der Waals surface area contributed by atoms with Gasteiger partial charge in [0, 0.05) is 12.2 Å². The van der Waals surface area contributed by atoms with Gasteiger partial charge in [-0.25, -0.2) is 0 Å². The first-order chi connectivity index (χ1) is 11.0. The number of rotatable bonds is 6.